The number of halogens is 3. The molecule has 1 aliphatic rings. The average Bonchev–Trinajstić information content (AvgIpc) is 2.58. The van der Waals surface area contributed by atoms with Gasteiger partial charge >= 0.3 is 5.92 Å². The maximum Gasteiger partial charge on any atom is 0.309 e. The highest BCUT2D eigenvalue weighted by Crippen LogP contribution is 2.44. The largest absolute Gasteiger partial charge is 0.309 e. The summed E-state index contributed by atoms with van der Waals surface area (Å²) in [5.74, 6) is -2.60. The summed E-state index contributed by atoms with van der Waals surface area (Å²) in [6.07, 6.45) is -0.319. The van der Waals surface area contributed by atoms with Crippen LogP contribution in [0, 0.1) is 0 Å². The quantitative estimate of drug-likeness (QED) is 0.398. The molecule has 1 heterocycles. The van der Waals surface area contributed by atoms with Crippen molar-refractivity contribution in [3.8, 4) is 0 Å². The van der Waals surface area contributed by atoms with E-state index in [1.54, 1.807) is 30.3 Å². The Kier molecular flexibility index (Phi) is 1.78. The smallest absolute Gasteiger partial charge is 0.199 e. The Bertz CT molecular complexity index is 296. The Labute approximate surface area is 73.0 Å². The third-order valence-electron chi connectivity index (χ3n) is 1.95. The van der Waals surface area contributed by atoms with Crippen molar-refractivity contribution in [3.63, 3.8) is 0 Å². The van der Waals surface area contributed by atoms with Crippen LogP contribution in [0.3, 0.4) is 0 Å². The van der Waals surface area contributed by atoms with Crippen molar-refractivity contribution in [1.29, 1.82) is 0 Å². The highest BCUT2D eigenvalue weighted by Gasteiger charge is 2.67. The van der Waals surface area contributed by atoms with Gasteiger partial charge < -0.3 is 0 Å². The van der Waals surface area contributed by atoms with Gasteiger partial charge in [-0.15, -0.1) is 8.96 Å². The lowest BCUT2D eigenvalue weighted by molar-refractivity contribution is -0.0349. The highest BCUT2D eigenvalue weighted by atomic mass is 19.3. The molecule has 1 fully saturated rings. The number of alkyl halides is 1. The molecule has 0 radical (unpaired) electrons. The number of hydrogen-bond acceptors (Lipinski definition) is 2. The van der Waals surface area contributed by atoms with E-state index in [0.717, 1.165) is 0 Å². The van der Waals surface area contributed by atoms with Crippen LogP contribution < -0.4 is 0 Å². The summed E-state index contributed by atoms with van der Waals surface area (Å²) >= 11 is 0. The first-order valence-electron chi connectivity index (χ1n) is 3.79. The second-order valence-corrected chi connectivity index (χ2v) is 2.90. The second kappa shape index (κ2) is 2.71. The predicted octanol–water partition coefficient (Wildman–Crippen LogP) is 2.15. The maximum atomic E-state index is 13.1. The molecular formula is C8H7F3N2. The van der Waals surface area contributed by atoms with Crippen molar-refractivity contribution in [1.82, 2.24) is 10.5 Å². The Balaban J connectivity index is 2.08. The van der Waals surface area contributed by atoms with Crippen LogP contribution in [0.5, 0.6) is 0 Å². The molecule has 0 N–H and O–H groups in total. The van der Waals surface area contributed by atoms with Gasteiger partial charge in [-0.2, -0.15) is 4.39 Å². The molecule has 13 heavy (non-hydrogen) atoms. The van der Waals surface area contributed by atoms with Crippen LogP contribution in [0.15, 0.2) is 30.3 Å². The summed E-state index contributed by atoms with van der Waals surface area (Å²) < 4.78 is 37.6. The third-order valence-corrected chi connectivity index (χ3v) is 1.95. The van der Waals surface area contributed by atoms with Crippen LogP contribution in [-0.2, 0) is 6.42 Å². The molecule has 2 unspecified atom stereocenters. The first kappa shape index (κ1) is 8.52. The molecule has 2 rings (SSSR count). The molecule has 0 aliphatic carbocycles. The van der Waals surface area contributed by atoms with Gasteiger partial charge in [-0.05, 0) is 5.56 Å². The minimum Gasteiger partial charge on any atom is -0.199 e. The van der Waals surface area contributed by atoms with Crippen LogP contribution in [-0.4, -0.2) is 16.4 Å². The molecule has 1 saturated heterocycles. The normalized spacial score (nSPS) is 37.5. The number of nitrogens with zero attached hydrogens (tertiary/aromatic N) is 2. The Morgan fingerprint density at radius 3 is 2.08 bits per heavy atom. The molecule has 0 bridgehead atoms. The summed E-state index contributed by atoms with van der Waals surface area (Å²) in [5.41, 5.74) is 0.549. The Morgan fingerprint density at radius 2 is 1.62 bits per heavy atom. The fraction of sp³-hybridized carbons (Fsp3) is 0.250. The zero-order chi connectivity index (χ0) is 9.47. The molecule has 1 aromatic rings. The van der Waals surface area contributed by atoms with E-state index < -0.39 is 16.4 Å². The third kappa shape index (κ3) is 1.30. The fourth-order valence-corrected chi connectivity index (χ4v) is 1.17. The molecule has 0 spiro atoms. The molecule has 0 amide bonds. The van der Waals surface area contributed by atoms with Crippen molar-refractivity contribution < 1.29 is 13.4 Å². The molecule has 1 aromatic carbocycles. The van der Waals surface area contributed by atoms with Gasteiger partial charge in [0.25, 0.3) is 0 Å². The molecule has 5 heteroatoms. The fourth-order valence-electron chi connectivity index (χ4n) is 1.17. The SMILES string of the molecule is FN1N(F)C1(F)Cc1ccccc1. The number of hydrogen-bond donors (Lipinski definition) is 0. The molecule has 1 aliphatic heterocycles. The van der Waals surface area contributed by atoms with Gasteiger partial charge in [0.15, 0.2) is 0 Å². The van der Waals surface area contributed by atoms with E-state index in [-0.39, 0.29) is 6.42 Å². The van der Waals surface area contributed by atoms with Gasteiger partial charge in [-0.1, -0.05) is 30.3 Å². The molecule has 2 nitrogen and oxygen atoms in total. The van der Waals surface area contributed by atoms with E-state index in [1.165, 1.54) is 0 Å². The lowest BCUT2D eigenvalue weighted by atomic mass is 10.1. The monoisotopic (exact) mass is 188 g/mol. The topological polar surface area (TPSA) is 6.02 Å². The van der Waals surface area contributed by atoms with Gasteiger partial charge in [0.1, 0.15) is 0 Å². The maximum absolute atomic E-state index is 13.1. The van der Waals surface area contributed by atoms with Gasteiger partial charge in [0, 0.05) is 16.9 Å². The van der Waals surface area contributed by atoms with Crippen molar-refractivity contribution in [3.05, 3.63) is 35.9 Å². The lowest BCUT2D eigenvalue weighted by Crippen LogP contribution is -2.12. The van der Waals surface area contributed by atoms with Crippen LogP contribution in [0.25, 0.3) is 0 Å². The van der Waals surface area contributed by atoms with E-state index >= 15 is 0 Å². The van der Waals surface area contributed by atoms with Gasteiger partial charge in [-0.25, -0.2) is 0 Å². The van der Waals surface area contributed by atoms with Crippen LogP contribution >= 0.6 is 0 Å². The van der Waals surface area contributed by atoms with Crippen molar-refractivity contribution in [2.75, 3.05) is 0 Å². The first-order valence-corrected chi connectivity index (χ1v) is 3.79. The molecule has 0 saturated carbocycles. The minimum absolute atomic E-state index is 0.319. The molecule has 70 valence electrons. The van der Waals surface area contributed by atoms with Gasteiger partial charge in [0.05, 0.1) is 0 Å². The van der Waals surface area contributed by atoms with Gasteiger partial charge in [-0.3, -0.25) is 0 Å². The first-order chi connectivity index (χ1) is 6.14. The van der Waals surface area contributed by atoms with Crippen molar-refractivity contribution >= 4 is 0 Å². The van der Waals surface area contributed by atoms with E-state index in [0.29, 0.717) is 5.56 Å². The van der Waals surface area contributed by atoms with E-state index in [1.807, 2.05) is 0 Å². The van der Waals surface area contributed by atoms with E-state index in [9.17, 15) is 13.4 Å². The average molecular weight is 188 g/mol. The van der Waals surface area contributed by atoms with E-state index in [2.05, 4.69) is 0 Å². The summed E-state index contributed by atoms with van der Waals surface area (Å²) in [7, 11) is 0. The summed E-state index contributed by atoms with van der Waals surface area (Å²) in [6, 6.07) is 8.35. The van der Waals surface area contributed by atoms with Gasteiger partial charge in [0.2, 0.25) is 0 Å². The summed E-state index contributed by atoms with van der Waals surface area (Å²) in [6.45, 7) is 0. The van der Waals surface area contributed by atoms with Crippen LogP contribution in [0.4, 0.5) is 13.4 Å². The predicted molar refractivity (Wildman–Crippen MR) is 39.9 cm³/mol. The molecule has 2 atom stereocenters. The zero-order valence-corrected chi connectivity index (χ0v) is 6.62. The number of benzene rings is 1. The second-order valence-electron chi connectivity index (χ2n) is 2.90. The summed E-state index contributed by atoms with van der Waals surface area (Å²) in [5, 5.41) is -1.14. The van der Waals surface area contributed by atoms with Crippen LogP contribution in [0.1, 0.15) is 5.56 Å². The van der Waals surface area contributed by atoms with Crippen molar-refractivity contribution in [2.24, 2.45) is 0 Å². The Hall–Kier alpha value is -1.07. The minimum atomic E-state index is -2.60. The summed E-state index contributed by atoms with van der Waals surface area (Å²) in [4.78, 5) is 0. The molecule has 0 aromatic heterocycles. The number of rotatable bonds is 2. The molecular weight excluding hydrogens is 181 g/mol. The van der Waals surface area contributed by atoms with Crippen LogP contribution in [0.2, 0.25) is 0 Å². The van der Waals surface area contributed by atoms with E-state index in [4.69, 9.17) is 0 Å². The Morgan fingerprint density at radius 1 is 1.08 bits per heavy atom. The number of hydrazine groups is 1. The standard InChI is InChI=1S/C8H7F3N2/c9-8(12(10)13(8)11)6-7-4-2-1-3-5-7/h1-5H,6H2. The zero-order valence-electron chi connectivity index (χ0n) is 6.62. The van der Waals surface area contributed by atoms with Crippen molar-refractivity contribution in [2.45, 2.75) is 12.3 Å². The highest BCUT2D eigenvalue weighted by molar-refractivity contribution is 5.17. The lowest BCUT2D eigenvalue weighted by Gasteiger charge is -2.00.